The molecule has 0 aromatic heterocycles. The summed E-state index contributed by atoms with van der Waals surface area (Å²) < 4.78 is 33.7. The number of nitrogens with zero attached hydrogens (tertiary/aromatic N) is 6. The number of cyclic esters (lactones) is 16. The van der Waals surface area contributed by atoms with Gasteiger partial charge in [0.2, 0.25) is 11.8 Å². The van der Waals surface area contributed by atoms with Crippen LogP contribution in [0.2, 0.25) is 0 Å². The Kier molecular flexibility index (Phi) is 8.72. The van der Waals surface area contributed by atoms with E-state index in [1.165, 1.54) is 12.1 Å². The van der Waals surface area contributed by atoms with Gasteiger partial charge in [-0.3, -0.25) is 78.3 Å². The summed E-state index contributed by atoms with van der Waals surface area (Å²) in [7, 11) is 0. The fourth-order valence-corrected chi connectivity index (χ4v) is 11.6. The van der Waals surface area contributed by atoms with E-state index in [1.807, 2.05) is 0 Å². The van der Waals surface area contributed by atoms with E-state index in [4.69, 9.17) is 15.8 Å². The molecule has 360 valence electrons. The van der Waals surface area contributed by atoms with Crippen LogP contribution in [0.3, 0.4) is 0 Å². The van der Waals surface area contributed by atoms with Crippen LogP contribution in [0.4, 0.5) is 0 Å². The lowest BCUT2D eigenvalue weighted by Gasteiger charge is -2.45. The van der Waals surface area contributed by atoms with Crippen LogP contribution in [-0.2, 0) is 115 Å². The summed E-state index contributed by atoms with van der Waals surface area (Å²) in [4.78, 5) is 212. The fraction of sp³-hybridized carbons (Fsp3) is 0.457. The summed E-state index contributed by atoms with van der Waals surface area (Å²) in [5, 5.41) is 60.3. The van der Waals surface area contributed by atoms with Crippen LogP contribution in [0.25, 0.3) is 0 Å². The summed E-state index contributed by atoms with van der Waals surface area (Å²) in [5.41, 5.74) is -14.4. The fourth-order valence-electron chi connectivity index (χ4n) is 11.6. The summed E-state index contributed by atoms with van der Waals surface area (Å²) in [6, 6.07) is 4.71. The number of nitriles is 3. The van der Waals surface area contributed by atoms with E-state index in [9.17, 15) is 107 Å². The van der Waals surface area contributed by atoms with Crippen LogP contribution in [-0.4, -0.2) is 127 Å². The SMILES string of the molecule is N#CC12C(=O)OC(=O)C1C1(C#N)C(=O)OC(=O)C21.N#CC12C(=O)OC(=O)C1C1C(=O)OC(=O)C12.O=C1OC(=O)C2([N+](=O)[O-])C1C1([N+](=O)[O-])C(=O)OC(=O)C21.O=C1OC(=O)C2C1C1C(=O)OC(=O)C21[N+](=O)[O-]. The third-order valence-corrected chi connectivity index (χ3v) is 14.5. The van der Waals surface area contributed by atoms with Crippen LogP contribution < -0.4 is 0 Å². The van der Waals surface area contributed by atoms with Gasteiger partial charge in [0.15, 0.2) is 28.1 Å². The van der Waals surface area contributed by atoms with E-state index in [-0.39, 0.29) is 0 Å². The number of ether oxygens (including phenoxy) is 8. The van der Waals surface area contributed by atoms with E-state index in [1.54, 1.807) is 6.07 Å². The molecule has 71 heavy (non-hydrogen) atoms. The van der Waals surface area contributed by atoms with Crippen LogP contribution in [0.15, 0.2) is 0 Å². The van der Waals surface area contributed by atoms with E-state index >= 15 is 0 Å². The zero-order chi connectivity index (χ0) is 52.5. The van der Waals surface area contributed by atoms with E-state index in [0.717, 1.165) is 0 Å². The lowest BCUT2D eigenvalue weighted by Crippen LogP contribution is -2.82. The first kappa shape index (κ1) is 45.9. The lowest BCUT2D eigenvalue weighted by molar-refractivity contribution is -0.664. The molecule has 12 aliphatic rings. The van der Waals surface area contributed by atoms with Crippen molar-refractivity contribution in [3.05, 3.63) is 30.3 Å². The molecule has 0 bridgehead atoms. The van der Waals surface area contributed by atoms with Gasteiger partial charge in [-0.15, -0.1) is 0 Å². The van der Waals surface area contributed by atoms with Crippen LogP contribution in [0, 0.1) is 140 Å². The number of nitro groups is 3. The first-order valence-corrected chi connectivity index (χ1v) is 18.9. The Morgan fingerprint density at radius 2 is 0.577 bits per heavy atom. The van der Waals surface area contributed by atoms with Crippen molar-refractivity contribution in [3.63, 3.8) is 0 Å². The normalized spacial score (nSPS) is 42.9. The monoisotopic (exact) mass is 994 g/mol. The minimum Gasteiger partial charge on any atom is -0.393 e. The minimum atomic E-state index is -2.96. The maximum atomic E-state index is 11.6. The molecule has 0 aromatic carbocycles. The third-order valence-electron chi connectivity index (χ3n) is 14.5. The average Bonchev–Trinajstić information content (AvgIpc) is 3.99. The molecular formula is C35H10N6O30. The molecule has 12 rings (SSSR count). The molecule has 8 aliphatic heterocycles. The van der Waals surface area contributed by atoms with Gasteiger partial charge in [0, 0.05) is 14.8 Å². The number of rotatable bonds is 3. The molecule has 0 N–H and O–H groups in total. The minimum absolute atomic E-state index is 0.863. The van der Waals surface area contributed by atoms with Crippen molar-refractivity contribution in [2.45, 2.75) is 16.6 Å². The van der Waals surface area contributed by atoms with Crippen molar-refractivity contribution in [1.82, 2.24) is 0 Å². The largest absolute Gasteiger partial charge is 0.395 e. The quantitative estimate of drug-likeness (QED) is 0.0833. The van der Waals surface area contributed by atoms with Crippen molar-refractivity contribution in [2.24, 2.45) is 75.4 Å². The Morgan fingerprint density at radius 1 is 0.324 bits per heavy atom. The number of hydrogen-bond donors (Lipinski definition) is 0. The molecule has 4 saturated carbocycles. The second-order valence-electron chi connectivity index (χ2n) is 16.6. The van der Waals surface area contributed by atoms with E-state index in [2.05, 4.69) is 37.9 Å². The number of carbonyl (C=O) groups excluding carboxylic acids is 16. The van der Waals surface area contributed by atoms with E-state index < -0.39 is 202 Å². The Hall–Kier alpha value is -10.2. The summed E-state index contributed by atoms with van der Waals surface area (Å²) >= 11 is 0. The van der Waals surface area contributed by atoms with Crippen LogP contribution in [0.1, 0.15) is 0 Å². The molecule has 8 heterocycles. The predicted molar refractivity (Wildman–Crippen MR) is 177 cm³/mol. The second kappa shape index (κ2) is 13.5. The zero-order valence-electron chi connectivity index (χ0n) is 33.2. The summed E-state index contributed by atoms with van der Waals surface area (Å²) in [6.07, 6.45) is 0. The first-order valence-electron chi connectivity index (χ1n) is 18.9. The first-order chi connectivity index (χ1) is 33.1. The number of carbonyl (C=O) groups is 16. The van der Waals surface area contributed by atoms with Gasteiger partial charge in [-0.25, -0.2) is 28.8 Å². The van der Waals surface area contributed by atoms with Gasteiger partial charge in [0.1, 0.15) is 23.7 Å². The molecule has 8 atom stereocenters. The van der Waals surface area contributed by atoms with Crippen molar-refractivity contribution < 1.29 is 129 Å². The summed E-state index contributed by atoms with van der Waals surface area (Å²) in [5.74, 6) is -35.4. The summed E-state index contributed by atoms with van der Waals surface area (Å²) in [6.45, 7) is 0. The van der Waals surface area contributed by atoms with Crippen molar-refractivity contribution in [3.8, 4) is 18.2 Å². The maximum Gasteiger partial charge on any atom is 0.395 e. The molecule has 36 nitrogen and oxygen atoms in total. The highest BCUT2D eigenvalue weighted by atomic mass is 16.7. The molecule has 0 radical (unpaired) electrons. The molecule has 0 amide bonds. The van der Waals surface area contributed by atoms with Gasteiger partial charge in [-0.05, 0) is 0 Å². The smallest absolute Gasteiger partial charge is 0.393 e. The van der Waals surface area contributed by atoms with Gasteiger partial charge in [0.25, 0.3) is 0 Å². The van der Waals surface area contributed by atoms with E-state index in [0.29, 0.717) is 0 Å². The Morgan fingerprint density at radius 3 is 0.944 bits per heavy atom. The zero-order valence-corrected chi connectivity index (χ0v) is 33.2. The Labute approximate surface area is 381 Å². The maximum absolute atomic E-state index is 11.6. The van der Waals surface area contributed by atoms with Crippen molar-refractivity contribution >= 4 is 95.5 Å². The number of hydrogen-bond acceptors (Lipinski definition) is 33. The van der Waals surface area contributed by atoms with Gasteiger partial charge in [0.05, 0.1) is 30.0 Å². The standard InChI is InChI=1S/C10H2N2O6.C9H3NO6.C8H2N2O10.C8H3NO8/c11-1-9-3(5(13)17-7(9)15)10(2-12)4(9)6(14)18-8(10)16;10-1-9-3-2(5(11)15-6(3)12)4(9)7(13)16-8(9)14;11-3-1-7(9(15)16,5(13)19-3)2-4(12)20-6(14)8(1,2)10(17)18;10-4-1-2(5(11)16-4)8(9(14)15)3(1)6(12)17-7(8)13/h3-4H;2-4H;1-2H;1-3H. The Balaban J connectivity index is 0.000000118. The predicted octanol–water partition coefficient (Wildman–Crippen LogP) is -7.59. The molecular weight excluding hydrogens is 984 g/mol. The third kappa shape index (κ3) is 4.41. The molecule has 0 aromatic rings. The molecule has 12 fully saturated rings. The number of esters is 16. The highest BCUT2D eigenvalue weighted by molar-refractivity contribution is 6.19. The topological polar surface area (TPSA) is 548 Å². The number of fused-ring (bicyclic) bond motifs is 16. The molecule has 8 unspecified atom stereocenters. The highest BCUT2D eigenvalue weighted by Crippen LogP contribution is 2.70. The molecule has 0 spiro atoms. The van der Waals surface area contributed by atoms with Crippen LogP contribution in [0.5, 0.6) is 0 Å². The highest BCUT2D eigenvalue weighted by Gasteiger charge is 3.04. The van der Waals surface area contributed by atoms with Gasteiger partial charge in [-0.1, -0.05) is 0 Å². The lowest BCUT2D eigenvalue weighted by atomic mass is 9.41. The van der Waals surface area contributed by atoms with Crippen LogP contribution >= 0.6 is 0 Å². The molecule has 4 aliphatic carbocycles. The van der Waals surface area contributed by atoms with Gasteiger partial charge < -0.3 is 37.9 Å². The Bertz CT molecular complexity index is 2980. The average molecular weight is 994 g/mol. The van der Waals surface area contributed by atoms with Gasteiger partial charge >= 0.3 is 112 Å². The molecule has 36 heteroatoms. The van der Waals surface area contributed by atoms with Crippen molar-refractivity contribution in [2.75, 3.05) is 0 Å². The molecule has 8 saturated heterocycles. The van der Waals surface area contributed by atoms with Crippen molar-refractivity contribution in [1.29, 1.82) is 15.8 Å². The van der Waals surface area contributed by atoms with Gasteiger partial charge in [-0.2, -0.15) is 15.8 Å². The second-order valence-corrected chi connectivity index (χ2v) is 16.6.